The van der Waals surface area contributed by atoms with Crippen molar-refractivity contribution in [2.75, 3.05) is 26.2 Å². The Morgan fingerprint density at radius 3 is 2.33 bits per heavy atom. The van der Waals surface area contributed by atoms with Crippen LogP contribution in [0.3, 0.4) is 0 Å². The number of aliphatic hydroxyl groups is 1. The van der Waals surface area contributed by atoms with E-state index in [4.69, 9.17) is 0 Å². The molecule has 30 heavy (non-hydrogen) atoms. The third-order valence-corrected chi connectivity index (χ3v) is 6.25. The second-order valence-corrected chi connectivity index (χ2v) is 8.24. The fourth-order valence-electron chi connectivity index (χ4n) is 4.64. The second kappa shape index (κ2) is 8.48. The highest BCUT2D eigenvalue weighted by molar-refractivity contribution is 5.87. The number of hydrogen-bond donors (Lipinski definition) is 2. The first-order valence-electron chi connectivity index (χ1n) is 10.6. The smallest absolute Gasteiger partial charge is 0.317 e. The monoisotopic (exact) mass is 407 g/mol. The van der Waals surface area contributed by atoms with Crippen molar-refractivity contribution in [3.05, 3.63) is 59.7 Å². The first-order chi connectivity index (χ1) is 14.5. The van der Waals surface area contributed by atoms with Crippen LogP contribution in [0.4, 0.5) is 4.79 Å². The number of carbonyl (C=O) groups is 2. The summed E-state index contributed by atoms with van der Waals surface area (Å²) in [4.78, 5) is 28.4. The molecule has 0 spiro atoms. The van der Waals surface area contributed by atoms with Crippen LogP contribution in [0.15, 0.2) is 48.5 Å². The lowest BCUT2D eigenvalue weighted by molar-refractivity contribution is -0.159. The number of rotatable bonds is 5. The molecule has 2 fully saturated rings. The molecule has 2 heterocycles. The van der Waals surface area contributed by atoms with Gasteiger partial charge in [0.2, 0.25) is 5.91 Å². The number of benzene rings is 2. The molecule has 6 nitrogen and oxygen atoms in total. The van der Waals surface area contributed by atoms with Crippen molar-refractivity contribution in [3.8, 4) is 11.1 Å². The number of aliphatic hydroxyl groups excluding tert-OH is 1. The molecule has 0 aliphatic carbocycles. The molecule has 2 aromatic rings. The van der Waals surface area contributed by atoms with E-state index < -0.39 is 0 Å². The van der Waals surface area contributed by atoms with E-state index in [-0.39, 0.29) is 43.1 Å². The van der Waals surface area contributed by atoms with Crippen LogP contribution < -0.4 is 5.32 Å². The van der Waals surface area contributed by atoms with Gasteiger partial charge in [0.25, 0.3) is 0 Å². The third kappa shape index (κ3) is 3.67. The zero-order chi connectivity index (χ0) is 21.3. The fraction of sp³-hybridized carbons (Fsp3) is 0.417. The first kappa shape index (κ1) is 20.4. The Morgan fingerprint density at radius 1 is 1.10 bits per heavy atom. The van der Waals surface area contributed by atoms with Gasteiger partial charge >= 0.3 is 6.03 Å². The summed E-state index contributed by atoms with van der Waals surface area (Å²) in [6.45, 7) is 5.15. The largest absolute Gasteiger partial charge is 0.394 e. The molecule has 0 bridgehead atoms. The summed E-state index contributed by atoms with van der Waals surface area (Å²) in [5.74, 6) is -0.0720. The van der Waals surface area contributed by atoms with Gasteiger partial charge in [-0.05, 0) is 30.0 Å². The maximum Gasteiger partial charge on any atom is 0.317 e. The number of urea groups is 1. The summed E-state index contributed by atoms with van der Waals surface area (Å²) >= 11 is 0. The number of hydrogen-bond acceptors (Lipinski definition) is 3. The van der Waals surface area contributed by atoms with Gasteiger partial charge in [-0.3, -0.25) is 4.79 Å². The van der Waals surface area contributed by atoms with Crippen molar-refractivity contribution in [1.29, 1.82) is 0 Å². The molecule has 2 aliphatic rings. The van der Waals surface area contributed by atoms with Crippen molar-refractivity contribution < 1.29 is 14.7 Å². The van der Waals surface area contributed by atoms with Crippen molar-refractivity contribution in [1.82, 2.24) is 15.1 Å². The quantitative estimate of drug-likeness (QED) is 0.801. The zero-order valence-corrected chi connectivity index (χ0v) is 17.5. The molecule has 0 unspecified atom stereocenters. The van der Waals surface area contributed by atoms with E-state index in [1.807, 2.05) is 6.92 Å². The topological polar surface area (TPSA) is 72.9 Å². The Labute approximate surface area is 177 Å². The molecular formula is C24H29N3O3. The van der Waals surface area contributed by atoms with Gasteiger partial charge in [-0.1, -0.05) is 61.0 Å². The predicted molar refractivity (Wildman–Crippen MR) is 116 cm³/mol. The van der Waals surface area contributed by atoms with Crippen LogP contribution >= 0.6 is 0 Å². The first-order valence-corrected chi connectivity index (χ1v) is 10.6. The lowest BCUT2D eigenvalue weighted by Gasteiger charge is -2.58. The Hall–Kier alpha value is -2.86. The Bertz CT molecular complexity index is 910. The molecule has 2 N–H and O–H groups in total. The number of fused-ring (bicyclic) bond motifs is 1. The highest BCUT2D eigenvalue weighted by Crippen LogP contribution is 2.43. The van der Waals surface area contributed by atoms with Crippen molar-refractivity contribution >= 4 is 11.9 Å². The normalized spacial score (nSPS) is 23.0. The number of carbonyl (C=O) groups excluding carboxylic acids is 2. The van der Waals surface area contributed by atoms with Gasteiger partial charge in [0.15, 0.2) is 0 Å². The molecule has 0 saturated carbocycles. The summed E-state index contributed by atoms with van der Waals surface area (Å²) < 4.78 is 0. The van der Waals surface area contributed by atoms with Gasteiger partial charge in [0.05, 0.1) is 18.7 Å². The highest BCUT2D eigenvalue weighted by Gasteiger charge is 2.54. The van der Waals surface area contributed by atoms with E-state index in [0.29, 0.717) is 13.1 Å². The van der Waals surface area contributed by atoms with Crippen LogP contribution in [-0.2, 0) is 4.79 Å². The maximum absolute atomic E-state index is 12.7. The predicted octanol–water partition coefficient (Wildman–Crippen LogP) is 2.75. The highest BCUT2D eigenvalue weighted by atomic mass is 16.3. The van der Waals surface area contributed by atoms with Gasteiger partial charge in [-0.25, -0.2) is 4.79 Å². The Morgan fingerprint density at radius 2 is 1.73 bits per heavy atom. The van der Waals surface area contributed by atoms with Crippen LogP contribution in [0, 0.1) is 6.92 Å². The number of aryl methyl sites for hydroxylation is 1. The molecule has 2 saturated heterocycles. The van der Waals surface area contributed by atoms with E-state index in [1.165, 1.54) is 5.56 Å². The minimum absolute atomic E-state index is 0.0211. The van der Waals surface area contributed by atoms with Crippen molar-refractivity contribution in [2.45, 2.75) is 38.3 Å². The van der Waals surface area contributed by atoms with Crippen LogP contribution in [0.5, 0.6) is 0 Å². The minimum Gasteiger partial charge on any atom is -0.394 e. The molecular weight excluding hydrogens is 378 g/mol. The molecule has 2 aromatic carbocycles. The Kier molecular flexibility index (Phi) is 5.77. The van der Waals surface area contributed by atoms with E-state index in [2.05, 4.69) is 60.8 Å². The van der Waals surface area contributed by atoms with Crippen LogP contribution in [-0.4, -0.2) is 65.2 Å². The molecule has 0 radical (unpaired) electrons. The standard InChI is InChI=1S/C24H29N3O3/c1-3-12-25-24(30)26-13-20-23(21(15-28)27(20)22(29)14-26)19-10-8-18(9-11-19)17-6-4-16(2)5-7-17/h4-11,20-21,23,28H,3,12-15H2,1-2H3,(H,25,30)/t20-,21+,23-/m0/s1. The Balaban J connectivity index is 1.53. The summed E-state index contributed by atoms with van der Waals surface area (Å²) in [6.07, 6.45) is 0.853. The number of piperazine rings is 1. The molecule has 3 atom stereocenters. The summed E-state index contributed by atoms with van der Waals surface area (Å²) in [5.41, 5.74) is 4.61. The van der Waals surface area contributed by atoms with Crippen LogP contribution in [0.25, 0.3) is 11.1 Å². The molecule has 4 rings (SSSR count). The van der Waals surface area contributed by atoms with Crippen molar-refractivity contribution in [3.63, 3.8) is 0 Å². The maximum atomic E-state index is 12.7. The van der Waals surface area contributed by atoms with E-state index in [9.17, 15) is 14.7 Å². The van der Waals surface area contributed by atoms with Gasteiger partial charge in [0, 0.05) is 19.0 Å². The number of amides is 3. The van der Waals surface area contributed by atoms with Crippen molar-refractivity contribution in [2.24, 2.45) is 0 Å². The molecule has 158 valence electrons. The fourth-order valence-corrected chi connectivity index (χ4v) is 4.64. The summed E-state index contributed by atoms with van der Waals surface area (Å²) in [7, 11) is 0. The average molecular weight is 408 g/mol. The molecule has 2 aliphatic heterocycles. The third-order valence-electron chi connectivity index (χ3n) is 6.25. The minimum atomic E-state index is -0.228. The second-order valence-electron chi connectivity index (χ2n) is 8.24. The van der Waals surface area contributed by atoms with Gasteiger partial charge in [0.1, 0.15) is 6.54 Å². The summed E-state index contributed by atoms with van der Waals surface area (Å²) in [5, 5.41) is 12.8. The number of nitrogens with one attached hydrogen (secondary N) is 1. The summed E-state index contributed by atoms with van der Waals surface area (Å²) in [6, 6.07) is 16.3. The lowest BCUT2D eigenvalue weighted by atomic mass is 9.73. The van der Waals surface area contributed by atoms with E-state index >= 15 is 0 Å². The van der Waals surface area contributed by atoms with E-state index in [0.717, 1.165) is 23.1 Å². The SMILES string of the molecule is CCCNC(=O)N1CC(=O)N2[C@H](CO)[C@@H](c3ccc(-c4ccc(C)cc4)cc3)[C@@H]2C1. The van der Waals surface area contributed by atoms with E-state index in [1.54, 1.807) is 9.80 Å². The average Bonchev–Trinajstić information content (AvgIpc) is 2.74. The van der Waals surface area contributed by atoms with Gasteiger partial charge in [-0.15, -0.1) is 0 Å². The van der Waals surface area contributed by atoms with Crippen LogP contribution in [0.1, 0.15) is 30.4 Å². The molecule has 0 aromatic heterocycles. The lowest BCUT2D eigenvalue weighted by Crippen LogP contribution is -2.73. The zero-order valence-electron chi connectivity index (χ0n) is 17.5. The van der Waals surface area contributed by atoms with Gasteiger partial charge < -0.3 is 20.2 Å². The molecule has 6 heteroatoms. The van der Waals surface area contributed by atoms with Crippen LogP contribution in [0.2, 0.25) is 0 Å². The number of nitrogens with zero attached hydrogens (tertiary/aromatic N) is 2. The molecule has 3 amide bonds. The van der Waals surface area contributed by atoms with Gasteiger partial charge in [-0.2, -0.15) is 0 Å².